The highest BCUT2D eigenvalue weighted by molar-refractivity contribution is 5.71. The Morgan fingerprint density at radius 3 is 1.23 bits per heavy atom. The molecule has 0 radical (unpaired) electrons. The third kappa shape index (κ3) is 46.7. The minimum Gasteiger partial charge on any atom is -0.462 e. The van der Waals surface area contributed by atoms with Crippen LogP contribution in [0, 0.1) is 0 Å². The van der Waals surface area contributed by atoms with Crippen LogP contribution in [-0.2, 0) is 28.6 Å². The first-order valence-corrected chi connectivity index (χ1v) is 24.1. The lowest BCUT2D eigenvalue weighted by molar-refractivity contribution is -0.166. The number of carbonyl (C=O) groups is 3. The van der Waals surface area contributed by atoms with Gasteiger partial charge in [-0.05, 0) is 77.0 Å². The van der Waals surface area contributed by atoms with E-state index in [2.05, 4.69) is 69.4 Å². The number of hydrogen-bond acceptors (Lipinski definition) is 6. The standard InChI is InChI=1S/C55H86O6/c1-4-7-10-13-16-19-22-25-26-27-28-31-33-36-39-42-45-48-54(57)60-51-52(61-55(58)49-46-43-40-37-34-30-24-21-18-15-12-9-6-3)50-59-53(56)47-44-41-38-35-32-29-23-20-17-14-11-8-5-2/h7,10,13,16,19,22,25-34,38,40-41,43,52H,4-6,8-9,11-12,14-15,17-18,20-21,23-24,35-37,39,42,44-51H2,1-3H3/b10-7-,16-13-,22-19-,26-25-,28-27+,32-29-,33-31-,34-30-,41-38-,43-40-. The van der Waals surface area contributed by atoms with E-state index in [4.69, 9.17) is 14.2 Å². The number of unbranched alkanes of at least 4 members (excludes halogenated alkanes) is 15. The van der Waals surface area contributed by atoms with E-state index in [1.54, 1.807) is 0 Å². The van der Waals surface area contributed by atoms with Gasteiger partial charge in [0.2, 0.25) is 0 Å². The van der Waals surface area contributed by atoms with E-state index in [9.17, 15) is 14.4 Å². The third-order valence-electron chi connectivity index (χ3n) is 9.61. The molecule has 0 aliphatic heterocycles. The first kappa shape index (κ1) is 56.8. The van der Waals surface area contributed by atoms with Crippen LogP contribution in [0.1, 0.15) is 188 Å². The second kappa shape index (κ2) is 48.5. The molecule has 61 heavy (non-hydrogen) atoms. The molecule has 6 nitrogen and oxygen atoms in total. The summed E-state index contributed by atoms with van der Waals surface area (Å²) in [5.41, 5.74) is 0. The maximum Gasteiger partial charge on any atom is 0.306 e. The molecule has 0 spiro atoms. The molecule has 0 amide bonds. The summed E-state index contributed by atoms with van der Waals surface area (Å²) in [6.45, 7) is 6.30. The first-order chi connectivity index (χ1) is 30.0. The summed E-state index contributed by atoms with van der Waals surface area (Å²) in [6.07, 6.45) is 66.3. The highest BCUT2D eigenvalue weighted by atomic mass is 16.6. The van der Waals surface area contributed by atoms with Crippen LogP contribution in [0.4, 0.5) is 0 Å². The highest BCUT2D eigenvalue weighted by Gasteiger charge is 2.19. The molecule has 0 rings (SSSR count). The van der Waals surface area contributed by atoms with Crippen LogP contribution in [-0.4, -0.2) is 37.2 Å². The van der Waals surface area contributed by atoms with Crippen molar-refractivity contribution in [1.29, 1.82) is 0 Å². The first-order valence-electron chi connectivity index (χ1n) is 24.1. The van der Waals surface area contributed by atoms with E-state index in [0.717, 1.165) is 51.4 Å². The maximum absolute atomic E-state index is 12.7. The lowest BCUT2D eigenvalue weighted by Gasteiger charge is -2.18. The summed E-state index contributed by atoms with van der Waals surface area (Å²) < 4.78 is 16.6. The molecule has 0 fully saturated rings. The minimum atomic E-state index is -0.851. The highest BCUT2D eigenvalue weighted by Crippen LogP contribution is 2.10. The van der Waals surface area contributed by atoms with Gasteiger partial charge >= 0.3 is 17.9 Å². The number of esters is 3. The van der Waals surface area contributed by atoms with Gasteiger partial charge in [-0.1, -0.05) is 213 Å². The van der Waals surface area contributed by atoms with Crippen molar-refractivity contribution >= 4 is 17.9 Å². The van der Waals surface area contributed by atoms with Crippen LogP contribution in [0.2, 0.25) is 0 Å². The van der Waals surface area contributed by atoms with Crippen molar-refractivity contribution in [2.45, 2.75) is 194 Å². The molecule has 0 aromatic heterocycles. The van der Waals surface area contributed by atoms with Crippen LogP contribution < -0.4 is 0 Å². The predicted octanol–water partition coefficient (Wildman–Crippen LogP) is 15.7. The van der Waals surface area contributed by atoms with Crippen molar-refractivity contribution in [2.24, 2.45) is 0 Å². The van der Waals surface area contributed by atoms with Gasteiger partial charge in [0.15, 0.2) is 6.10 Å². The SMILES string of the molecule is CC\C=C/C=C\C=C/C=C\C=C\C=C/CCCCCC(=O)OCC(COC(=O)CC/C=C\C/C=C\CCCCCCCC)OC(=O)CC/C=C\C/C=C\CCCCCCCC. The molecule has 0 saturated carbocycles. The van der Waals surface area contributed by atoms with Gasteiger partial charge in [-0.3, -0.25) is 14.4 Å². The van der Waals surface area contributed by atoms with E-state index < -0.39 is 12.1 Å². The molecule has 0 aliphatic rings. The maximum atomic E-state index is 12.7. The predicted molar refractivity (Wildman–Crippen MR) is 260 cm³/mol. The smallest absolute Gasteiger partial charge is 0.306 e. The molecular weight excluding hydrogens is 757 g/mol. The Morgan fingerprint density at radius 1 is 0.361 bits per heavy atom. The quantitative estimate of drug-likeness (QED) is 0.0201. The number of carbonyl (C=O) groups excluding carboxylic acids is 3. The lowest BCUT2D eigenvalue weighted by atomic mass is 10.1. The number of ether oxygens (including phenoxy) is 3. The minimum absolute atomic E-state index is 0.144. The van der Waals surface area contributed by atoms with Gasteiger partial charge in [0.05, 0.1) is 0 Å². The summed E-state index contributed by atoms with van der Waals surface area (Å²) >= 11 is 0. The molecule has 1 atom stereocenters. The second-order valence-corrected chi connectivity index (χ2v) is 15.4. The zero-order valence-corrected chi connectivity index (χ0v) is 38.9. The van der Waals surface area contributed by atoms with Gasteiger partial charge in [-0.25, -0.2) is 0 Å². The monoisotopic (exact) mass is 843 g/mol. The molecule has 0 aromatic carbocycles. The van der Waals surface area contributed by atoms with E-state index in [1.165, 1.54) is 77.0 Å². The van der Waals surface area contributed by atoms with Gasteiger partial charge in [-0.15, -0.1) is 0 Å². The molecule has 0 N–H and O–H groups in total. The molecular formula is C55H86O6. The van der Waals surface area contributed by atoms with E-state index >= 15 is 0 Å². The molecule has 0 aromatic rings. The average molecular weight is 843 g/mol. The molecule has 6 heteroatoms. The van der Waals surface area contributed by atoms with Crippen LogP contribution in [0.25, 0.3) is 0 Å². The second-order valence-electron chi connectivity index (χ2n) is 15.4. The lowest BCUT2D eigenvalue weighted by Crippen LogP contribution is -2.30. The Kier molecular flexibility index (Phi) is 45.1. The fourth-order valence-electron chi connectivity index (χ4n) is 5.99. The van der Waals surface area contributed by atoms with Crippen LogP contribution >= 0.6 is 0 Å². The largest absolute Gasteiger partial charge is 0.462 e. The van der Waals surface area contributed by atoms with Crippen molar-refractivity contribution in [3.8, 4) is 0 Å². The molecule has 342 valence electrons. The van der Waals surface area contributed by atoms with Crippen molar-refractivity contribution in [2.75, 3.05) is 13.2 Å². The molecule has 0 aliphatic carbocycles. The number of allylic oxidation sites excluding steroid dienone is 20. The van der Waals surface area contributed by atoms with Gasteiger partial charge in [0, 0.05) is 19.3 Å². The topological polar surface area (TPSA) is 78.9 Å². The van der Waals surface area contributed by atoms with Crippen LogP contribution in [0.5, 0.6) is 0 Å². The number of hydrogen-bond donors (Lipinski definition) is 0. The molecule has 0 saturated heterocycles. The summed E-state index contributed by atoms with van der Waals surface area (Å²) in [5, 5.41) is 0. The van der Waals surface area contributed by atoms with Crippen molar-refractivity contribution in [3.63, 3.8) is 0 Å². The zero-order chi connectivity index (χ0) is 44.4. The fraction of sp³-hybridized carbons (Fsp3) is 0.582. The Morgan fingerprint density at radius 2 is 0.738 bits per heavy atom. The normalized spacial score (nSPS) is 13.2. The molecule has 0 bridgehead atoms. The summed E-state index contributed by atoms with van der Waals surface area (Å²) in [5.74, 6) is -1.13. The van der Waals surface area contributed by atoms with Crippen molar-refractivity contribution in [3.05, 3.63) is 122 Å². The Hall–Kier alpha value is -4.19. The Bertz CT molecular complexity index is 1340. The number of rotatable bonds is 41. The van der Waals surface area contributed by atoms with Crippen molar-refractivity contribution in [1.82, 2.24) is 0 Å². The summed E-state index contributed by atoms with van der Waals surface area (Å²) in [4.78, 5) is 37.8. The van der Waals surface area contributed by atoms with Crippen LogP contribution in [0.3, 0.4) is 0 Å². The van der Waals surface area contributed by atoms with E-state index in [-0.39, 0.29) is 44.4 Å². The fourth-order valence-corrected chi connectivity index (χ4v) is 5.99. The van der Waals surface area contributed by atoms with Gasteiger partial charge in [0.1, 0.15) is 13.2 Å². The Balaban J connectivity index is 4.64. The Labute approximate surface area is 373 Å². The van der Waals surface area contributed by atoms with E-state index in [0.29, 0.717) is 19.3 Å². The van der Waals surface area contributed by atoms with Gasteiger partial charge < -0.3 is 14.2 Å². The third-order valence-corrected chi connectivity index (χ3v) is 9.61. The van der Waals surface area contributed by atoms with Gasteiger partial charge in [-0.2, -0.15) is 0 Å². The van der Waals surface area contributed by atoms with Gasteiger partial charge in [0.25, 0.3) is 0 Å². The summed E-state index contributed by atoms with van der Waals surface area (Å²) in [7, 11) is 0. The average Bonchev–Trinajstić information content (AvgIpc) is 3.26. The van der Waals surface area contributed by atoms with Crippen molar-refractivity contribution < 1.29 is 28.6 Å². The molecule has 0 heterocycles. The zero-order valence-electron chi connectivity index (χ0n) is 38.9. The molecule has 1 unspecified atom stereocenters. The van der Waals surface area contributed by atoms with Crippen LogP contribution in [0.15, 0.2) is 122 Å². The summed E-state index contributed by atoms with van der Waals surface area (Å²) in [6, 6.07) is 0. The van der Waals surface area contributed by atoms with E-state index in [1.807, 2.05) is 72.9 Å².